The summed E-state index contributed by atoms with van der Waals surface area (Å²) in [6.07, 6.45) is -1.24. The number of hydrogen-bond donors (Lipinski definition) is 0. The minimum absolute atomic E-state index is 0.575. The van der Waals surface area contributed by atoms with Crippen LogP contribution in [0.4, 0.5) is 4.39 Å². The van der Waals surface area contributed by atoms with Gasteiger partial charge in [-0.2, -0.15) is 0 Å². The average molecular weight is 184 g/mol. The van der Waals surface area contributed by atoms with Gasteiger partial charge in [0.1, 0.15) is 5.75 Å². The van der Waals surface area contributed by atoms with E-state index in [2.05, 4.69) is 0 Å². The zero-order chi connectivity index (χ0) is 10.3. The molecule has 0 aliphatic heterocycles. The minimum Gasteiger partial charge on any atom is -0.461 e. The van der Waals surface area contributed by atoms with Crippen molar-refractivity contribution in [3.05, 3.63) is 29.8 Å². The van der Waals surface area contributed by atoms with Gasteiger partial charge in [0.2, 0.25) is 6.36 Å². The zero-order valence-corrected chi connectivity index (χ0v) is 8.67. The number of ether oxygens (including phenoxy) is 1. The summed E-state index contributed by atoms with van der Waals surface area (Å²) in [6.45, 7) is 7.34. The van der Waals surface area contributed by atoms with Gasteiger partial charge in [-0.15, -0.1) is 0 Å². The van der Waals surface area contributed by atoms with Gasteiger partial charge < -0.3 is 4.74 Å². The highest BCUT2D eigenvalue weighted by atomic mass is 19.1. The lowest BCUT2D eigenvalue weighted by molar-refractivity contribution is 0.0860. The van der Waals surface area contributed by atoms with Crippen LogP contribution in [0.15, 0.2) is 24.3 Å². The molecule has 1 rings (SSSR count). The van der Waals surface area contributed by atoms with Crippen LogP contribution in [0.3, 0.4) is 0 Å². The number of hydrogen-bond acceptors (Lipinski definition) is 1. The van der Waals surface area contributed by atoms with Gasteiger partial charge in [-0.05, 0) is 19.1 Å². The maximum absolute atomic E-state index is 12.3. The Bertz CT molecular complexity index is 216. The molecule has 0 aliphatic rings. The Morgan fingerprint density at radius 3 is 2.00 bits per heavy atom. The molecule has 0 saturated carbocycles. The first-order valence-corrected chi connectivity index (χ1v) is 4.56. The normalized spacial score (nSPS) is 11.2. The predicted molar refractivity (Wildman–Crippen MR) is 53.7 cm³/mol. The summed E-state index contributed by atoms with van der Waals surface area (Å²) < 4.78 is 17.1. The molecule has 74 valence electrons. The van der Waals surface area contributed by atoms with Gasteiger partial charge in [0.15, 0.2) is 0 Å². The van der Waals surface area contributed by atoms with Crippen molar-refractivity contribution < 1.29 is 9.13 Å². The number of alkyl halides is 1. The van der Waals surface area contributed by atoms with Crippen LogP contribution in [0, 0.1) is 6.92 Å². The maximum atomic E-state index is 12.3. The fourth-order valence-corrected chi connectivity index (χ4v) is 0.804. The van der Waals surface area contributed by atoms with E-state index >= 15 is 0 Å². The van der Waals surface area contributed by atoms with E-state index in [1.54, 1.807) is 12.1 Å². The lowest BCUT2D eigenvalue weighted by Gasteiger charge is -2.05. The van der Waals surface area contributed by atoms with Gasteiger partial charge in [-0.1, -0.05) is 31.5 Å². The third-order valence-electron chi connectivity index (χ3n) is 1.32. The van der Waals surface area contributed by atoms with E-state index in [1.165, 1.54) is 6.92 Å². The Morgan fingerprint density at radius 2 is 1.62 bits per heavy atom. The molecule has 0 aromatic heterocycles. The summed E-state index contributed by atoms with van der Waals surface area (Å²) in [5.74, 6) is 0.575. The summed E-state index contributed by atoms with van der Waals surface area (Å²) in [7, 11) is 0. The van der Waals surface area contributed by atoms with Crippen LogP contribution < -0.4 is 4.74 Å². The van der Waals surface area contributed by atoms with Crippen molar-refractivity contribution in [3.8, 4) is 5.75 Å². The monoisotopic (exact) mass is 184 g/mol. The first-order chi connectivity index (χ1) is 6.18. The quantitative estimate of drug-likeness (QED) is 0.680. The van der Waals surface area contributed by atoms with E-state index in [-0.39, 0.29) is 0 Å². The SMILES string of the molecule is CC.Cc1ccc(OC(C)F)cc1. The van der Waals surface area contributed by atoms with E-state index in [0.717, 1.165) is 5.56 Å². The molecule has 13 heavy (non-hydrogen) atoms. The van der Waals surface area contributed by atoms with Crippen molar-refractivity contribution in [2.24, 2.45) is 0 Å². The molecule has 0 aliphatic carbocycles. The van der Waals surface area contributed by atoms with Crippen LogP contribution in [-0.4, -0.2) is 6.36 Å². The lowest BCUT2D eigenvalue weighted by Crippen LogP contribution is -2.03. The van der Waals surface area contributed by atoms with Crippen molar-refractivity contribution >= 4 is 0 Å². The van der Waals surface area contributed by atoms with E-state index in [4.69, 9.17) is 4.74 Å². The molecule has 0 radical (unpaired) electrons. The Morgan fingerprint density at radius 1 is 1.15 bits per heavy atom. The number of benzene rings is 1. The average Bonchev–Trinajstić information content (AvgIpc) is 2.12. The molecule has 1 aromatic carbocycles. The van der Waals surface area contributed by atoms with Crippen LogP contribution >= 0.6 is 0 Å². The first kappa shape index (κ1) is 11.9. The fourth-order valence-electron chi connectivity index (χ4n) is 0.804. The van der Waals surface area contributed by atoms with Crippen LogP contribution in [0.1, 0.15) is 26.3 Å². The van der Waals surface area contributed by atoms with E-state index < -0.39 is 6.36 Å². The van der Waals surface area contributed by atoms with Gasteiger partial charge in [0.05, 0.1) is 0 Å². The second kappa shape index (κ2) is 6.46. The molecule has 1 aromatic rings. The molecule has 1 unspecified atom stereocenters. The van der Waals surface area contributed by atoms with Crippen LogP contribution in [0.25, 0.3) is 0 Å². The highest BCUT2D eigenvalue weighted by molar-refractivity contribution is 5.26. The highest BCUT2D eigenvalue weighted by Gasteiger charge is 1.97. The molecule has 0 heterocycles. The van der Waals surface area contributed by atoms with Gasteiger partial charge in [0, 0.05) is 6.92 Å². The number of halogens is 1. The third-order valence-corrected chi connectivity index (χ3v) is 1.32. The summed E-state index contributed by atoms with van der Waals surface area (Å²) >= 11 is 0. The molecule has 0 saturated heterocycles. The molecule has 2 heteroatoms. The fraction of sp³-hybridized carbons (Fsp3) is 0.455. The Labute approximate surface area is 79.5 Å². The minimum atomic E-state index is -1.24. The zero-order valence-electron chi connectivity index (χ0n) is 8.67. The van der Waals surface area contributed by atoms with Crippen molar-refractivity contribution in [3.63, 3.8) is 0 Å². The van der Waals surface area contributed by atoms with Crippen molar-refractivity contribution in [1.29, 1.82) is 0 Å². The van der Waals surface area contributed by atoms with Gasteiger partial charge in [-0.3, -0.25) is 0 Å². The van der Waals surface area contributed by atoms with Crippen molar-refractivity contribution in [2.45, 2.75) is 34.1 Å². The summed E-state index contributed by atoms with van der Waals surface area (Å²) in [4.78, 5) is 0. The van der Waals surface area contributed by atoms with Crippen molar-refractivity contribution in [2.75, 3.05) is 0 Å². The molecular formula is C11H17FO. The predicted octanol–water partition coefficient (Wildman–Crippen LogP) is 3.72. The van der Waals surface area contributed by atoms with Gasteiger partial charge >= 0.3 is 0 Å². The topological polar surface area (TPSA) is 9.23 Å². The summed E-state index contributed by atoms with van der Waals surface area (Å²) in [5.41, 5.74) is 1.14. The van der Waals surface area contributed by atoms with Gasteiger partial charge in [-0.25, -0.2) is 4.39 Å². The third kappa shape index (κ3) is 5.23. The Balaban J connectivity index is 0.000000671. The van der Waals surface area contributed by atoms with Crippen LogP contribution in [0.2, 0.25) is 0 Å². The molecule has 1 nitrogen and oxygen atoms in total. The smallest absolute Gasteiger partial charge is 0.235 e. The van der Waals surface area contributed by atoms with Gasteiger partial charge in [0.25, 0.3) is 0 Å². The second-order valence-electron chi connectivity index (χ2n) is 2.47. The first-order valence-electron chi connectivity index (χ1n) is 4.56. The molecular weight excluding hydrogens is 167 g/mol. The number of rotatable bonds is 2. The second-order valence-corrected chi connectivity index (χ2v) is 2.47. The van der Waals surface area contributed by atoms with E-state index in [1.807, 2.05) is 32.9 Å². The van der Waals surface area contributed by atoms with Crippen LogP contribution in [0.5, 0.6) is 5.75 Å². The standard InChI is InChI=1S/C9H11FO.C2H6/c1-7-3-5-9(6-4-7)11-8(2)10;1-2/h3-6,8H,1-2H3;1-2H3. The summed E-state index contributed by atoms with van der Waals surface area (Å²) in [6, 6.07) is 7.28. The Hall–Kier alpha value is -1.05. The maximum Gasteiger partial charge on any atom is 0.235 e. The molecule has 0 N–H and O–H groups in total. The molecule has 1 atom stereocenters. The molecule has 0 fully saturated rings. The summed E-state index contributed by atoms with van der Waals surface area (Å²) in [5, 5.41) is 0. The van der Waals surface area contributed by atoms with E-state index in [0.29, 0.717) is 5.75 Å². The molecule has 0 spiro atoms. The lowest BCUT2D eigenvalue weighted by atomic mass is 10.2. The molecule has 0 amide bonds. The number of aryl methyl sites for hydroxylation is 1. The van der Waals surface area contributed by atoms with E-state index in [9.17, 15) is 4.39 Å². The van der Waals surface area contributed by atoms with Crippen molar-refractivity contribution in [1.82, 2.24) is 0 Å². The highest BCUT2D eigenvalue weighted by Crippen LogP contribution is 2.13. The van der Waals surface area contributed by atoms with Crippen LogP contribution in [-0.2, 0) is 0 Å². The largest absolute Gasteiger partial charge is 0.461 e. The molecule has 0 bridgehead atoms. The Kier molecular flexibility index (Phi) is 5.94.